The molecule has 14 heavy (non-hydrogen) atoms. The highest BCUT2D eigenvalue weighted by molar-refractivity contribution is 4.84. The summed E-state index contributed by atoms with van der Waals surface area (Å²) in [7, 11) is 6.34. The van der Waals surface area contributed by atoms with Gasteiger partial charge in [0.05, 0.1) is 0 Å². The average molecular weight is 199 g/mol. The second-order valence-electron chi connectivity index (χ2n) is 4.69. The van der Waals surface area contributed by atoms with Gasteiger partial charge in [-0.05, 0) is 53.5 Å². The molecule has 1 heterocycles. The number of likely N-dealkylation sites (tertiary alicyclic amines) is 1. The van der Waals surface area contributed by atoms with E-state index in [9.17, 15) is 0 Å². The minimum atomic E-state index is 0.752. The maximum atomic E-state index is 3.29. The summed E-state index contributed by atoms with van der Waals surface area (Å²) in [6, 6.07) is 0.752. The topological polar surface area (TPSA) is 18.5 Å². The van der Waals surface area contributed by atoms with Crippen molar-refractivity contribution in [3.05, 3.63) is 0 Å². The zero-order chi connectivity index (χ0) is 10.6. The Morgan fingerprint density at radius 2 is 2.14 bits per heavy atom. The summed E-state index contributed by atoms with van der Waals surface area (Å²) in [6.45, 7) is 7.21. The maximum absolute atomic E-state index is 3.29. The molecular weight excluding hydrogens is 174 g/mol. The predicted molar refractivity (Wildman–Crippen MR) is 61.6 cm³/mol. The molecule has 1 aliphatic rings. The van der Waals surface area contributed by atoms with E-state index in [1.165, 1.54) is 32.6 Å². The highest BCUT2D eigenvalue weighted by Gasteiger charge is 2.29. The first-order valence-electron chi connectivity index (χ1n) is 5.68. The average Bonchev–Trinajstić information content (AvgIpc) is 2.46. The number of nitrogens with one attached hydrogen (secondary N) is 1. The van der Waals surface area contributed by atoms with E-state index >= 15 is 0 Å². The lowest BCUT2D eigenvalue weighted by Gasteiger charge is -2.25. The molecule has 1 N–H and O–H groups in total. The molecule has 2 atom stereocenters. The minimum Gasteiger partial charge on any atom is -0.319 e. The Kier molecular flexibility index (Phi) is 4.85. The number of hydrogen-bond donors (Lipinski definition) is 1. The number of likely N-dealkylation sites (N-methyl/N-ethyl adjacent to an activating group) is 1. The quantitative estimate of drug-likeness (QED) is 0.695. The van der Waals surface area contributed by atoms with Crippen LogP contribution in [0.3, 0.4) is 0 Å². The Hall–Kier alpha value is -0.120. The zero-order valence-corrected chi connectivity index (χ0v) is 10.1. The Balaban J connectivity index is 2.28. The van der Waals surface area contributed by atoms with Crippen LogP contribution in [0.15, 0.2) is 0 Å². The third-order valence-corrected chi connectivity index (χ3v) is 3.35. The van der Waals surface area contributed by atoms with Gasteiger partial charge in [-0.15, -0.1) is 0 Å². The van der Waals surface area contributed by atoms with Crippen molar-refractivity contribution in [3.63, 3.8) is 0 Å². The fourth-order valence-electron chi connectivity index (χ4n) is 2.25. The molecule has 1 aliphatic heterocycles. The third kappa shape index (κ3) is 3.23. The van der Waals surface area contributed by atoms with Crippen molar-refractivity contribution >= 4 is 0 Å². The Morgan fingerprint density at radius 3 is 2.71 bits per heavy atom. The van der Waals surface area contributed by atoms with E-state index < -0.39 is 0 Å². The van der Waals surface area contributed by atoms with Gasteiger partial charge in [0.15, 0.2) is 0 Å². The second-order valence-corrected chi connectivity index (χ2v) is 4.69. The summed E-state index contributed by atoms with van der Waals surface area (Å²) in [5.41, 5.74) is 0. The molecule has 1 saturated heterocycles. The minimum absolute atomic E-state index is 0.752. The largest absolute Gasteiger partial charge is 0.319 e. The first-order valence-corrected chi connectivity index (χ1v) is 5.68. The molecule has 0 bridgehead atoms. The highest BCUT2D eigenvalue weighted by Crippen LogP contribution is 2.22. The van der Waals surface area contributed by atoms with E-state index in [-0.39, 0.29) is 0 Å². The van der Waals surface area contributed by atoms with Gasteiger partial charge in [-0.2, -0.15) is 0 Å². The van der Waals surface area contributed by atoms with Gasteiger partial charge < -0.3 is 10.2 Å². The molecule has 0 aromatic rings. The van der Waals surface area contributed by atoms with Crippen LogP contribution in [0.4, 0.5) is 0 Å². The van der Waals surface area contributed by atoms with E-state index in [1.807, 2.05) is 0 Å². The molecule has 0 radical (unpaired) electrons. The normalized spacial score (nSPS) is 28.9. The fourth-order valence-corrected chi connectivity index (χ4v) is 2.25. The van der Waals surface area contributed by atoms with Crippen molar-refractivity contribution in [1.29, 1.82) is 0 Å². The molecule has 1 rings (SSSR count). The van der Waals surface area contributed by atoms with Gasteiger partial charge in [0, 0.05) is 19.1 Å². The SMILES string of the molecule is CNCC1CCN(CCN(C)C)C1C. The van der Waals surface area contributed by atoms with Crippen molar-refractivity contribution in [2.45, 2.75) is 19.4 Å². The van der Waals surface area contributed by atoms with Crippen LogP contribution < -0.4 is 5.32 Å². The predicted octanol–water partition coefficient (Wildman–Crippen LogP) is 0.478. The lowest BCUT2D eigenvalue weighted by Crippen LogP contribution is -2.37. The molecule has 0 amide bonds. The van der Waals surface area contributed by atoms with Gasteiger partial charge in [0.1, 0.15) is 0 Å². The molecule has 0 aliphatic carbocycles. The highest BCUT2D eigenvalue weighted by atomic mass is 15.2. The van der Waals surface area contributed by atoms with Gasteiger partial charge in [-0.25, -0.2) is 0 Å². The van der Waals surface area contributed by atoms with Crippen molar-refractivity contribution in [1.82, 2.24) is 15.1 Å². The van der Waals surface area contributed by atoms with Gasteiger partial charge in [-0.1, -0.05) is 0 Å². The molecule has 3 nitrogen and oxygen atoms in total. The van der Waals surface area contributed by atoms with E-state index in [0.29, 0.717) is 0 Å². The lowest BCUT2D eigenvalue weighted by molar-refractivity contribution is 0.216. The van der Waals surface area contributed by atoms with Crippen LogP contribution in [0.1, 0.15) is 13.3 Å². The lowest BCUT2D eigenvalue weighted by atomic mass is 10.0. The monoisotopic (exact) mass is 199 g/mol. The molecule has 0 aromatic heterocycles. The molecule has 0 aromatic carbocycles. The summed E-state index contributed by atoms with van der Waals surface area (Å²) in [5, 5.41) is 3.29. The molecule has 84 valence electrons. The number of hydrogen-bond acceptors (Lipinski definition) is 3. The summed E-state index contributed by atoms with van der Waals surface area (Å²) >= 11 is 0. The van der Waals surface area contributed by atoms with E-state index in [0.717, 1.165) is 12.0 Å². The first-order chi connectivity index (χ1) is 6.65. The van der Waals surface area contributed by atoms with E-state index in [1.54, 1.807) is 0 Å². The van der Waals surface area contributed by atoms with Crippen molar-refractivity contribution in [3.8, 4) is 0 Å². The maximum Gasteiger partial charge on any atom is 0.0112 e. The van der Waals surface area contributed by atoms with Crippen molar-refractivity contribution in [2.24, 2.45) is 5.92 Å². The Bertz CT molecular complexity index is 159. The smallest absolute Gasteiger partial charge is 0.0112 e. The van der Waals surface area contributed by atoms with Crippen LogP contribution in [0.25, 0.3) is 0 Å². The molecular formula is C11H25N3. The van der Waals surface area contributed by atoms with Crippen LogP contribution >= 0.6 is 0 Å². The Morgan fingerprint density at radius 1 is 1.43 bits per heavy atom. The summed E-state index contributed by atoms with van der Waals surface area (Å²) in [5.74, 6) is 0.849. The molecule has 3 heteroatoms. The summed E-state index contributed by atoms with van der Waals surface area (Å²) < 4.78 is 0. The van der Waals surface area contributed by atoms with E-state index in [2.05, 4.69) is 43.2 Å². The molecule has 0 spiro atoms. The summed E-state index contributed by atoms with van der Waals surface area (Å²) in [4.78, 5) is 4.88. The van der Waals surface area contributed by atoms with Gasteiger partial charge >= 0.3 is 0 Å². The fraction of sp³-hybridized carbons (Fsp3) is 1.00. The van der Waals surface area contributed by atoms with Gasteiger partial charge in [-0.3, -0.25) is 4.90 Å². The van der Waals surface area contributed by atoms with Crippen LogP contribution in [0, 0.1) is 5.92 Å². The van der Waals surface area contributed by atoms with Crippen molar-refractivity contribution < 1.29 is 0 Å². The van der Waals surface area contributed by atoms with E-state index in [4.69, 9.17) is 0 Å². The zero-order valence-electron chi connectivity index (χ0n) is 10.1. The second kappa shape index (κ2) is 5.69. The van der Waals surface area contributed by atoms with Crippen molar-refractivity contribution in [2.75, 3.05) is 47.3 Å². The Labute approximate surface area is 88.5 Å². The van der Waals surface area contributed by atoms with Crippen LogP contribution in [-0.4, -0.2) is 63.2 Å². The standard InChI is InChI=1S/C11H25N3/c1-10-11(9-12-2)5-6-14(10)8-7-13(3)4/h10-12H,5-9H2,1-4H3. The first kappa shape index (κ1) is 12.0. The molecule has 1 fully saturated rings. The number of nitrogens with zero attached hydrogens (tertiary/aromatic N) is 2. The summed E-state index contributed by atoms with van der Waals surface area (Å²) in [6.07, 6.45) is 1.36. The van der Waals surface area contributed by atoms with Crippen LogP contribution in [0.5, 0.6) is 0 Å². The van der Waals surface area contributed by atoms with Gasteiger partial charge in [0.25, 0.3) is 0 Å². The van der Waals surface area contributed by atoms with Crippen LogP contribution in [0.2, 0.25) is 0 Å². The molecule has 2 unspecified atom stereocenters. The third-order valence-electron chi connectivity index (χ3n) is 3.35. The van der Waals surface area contributed by atoms with Crippen LogP contribution in [-0.2, 0) is 0 Å². The van der Waals surface area contributed by atoms with Gasteiger partial charge in [0.2, 0.25) is 0 Å². The number of rotatable bonds is 5. The molecule has 0 saturated carbocycles.